The number of rotatable bonds is 3. The minimum atomic E-state index is -0.906. The summed E-state index contributed by atoms with van der Waals surface area (Å²) in [6.07, 6.45) is 3.92. The van der Waals surface area contributed by atoms with Gasteiger partial charge in [0.05, 0.1) is 39.5 Å². The zero-order valence-corrected chi connectivity index (χ0v) is 18.7. The Labute approximate surface area is 193 Å². The Morgan fingerprint density at radius 1 is 1.19 bits per heavy atom. The van der Waals surface area contributed by atoms with Crippen molar-refractivity contribution in [2.75, 3.05) is 24.5 Å². The lowest BCUT2D eigenvalue weighted by Gasteiger charge is -2.38. The molecule has 0 radical (unpaired) electrons. The van der Waals surface area contributed by atoms with E-state index in [-0.39, 0.29) is 24.1 Å². The van der Waals surface area contributed by atoms with E-state index in [1.807, 2.05) is 0 Å². The van der Waals surface area contributed by atoms with Gasteiger partial charge in [-0.05, 0) is 38.0 Å². The van der Waals surface area contributed by atoms with E-state index in [1.165, 1.54) is 18.0 Å². The second kappa shape index (κ2) is 7.56. The smallest absolute Gasteiger partial charge is 0.255 e. The van der Waals surface area contributed by atoms with Crippen molar-refractivity contribution in [3.05, 3.63) is 51.8 Å². The molecule has 0 bridgehead atoms. The van der Waals surface area contributed by atoms with Crippen LogP contribution in [0.25, 0.3) is 11.0 Å². The number of nitrogens with zero attached hydrogens (tertiary/aromatic N) is 4. The third-order valence-corrected chi connectivity index (χ3v) is 7.12. The molecule has 5 rings (SSSR count). The number of carbonyl (C=O) groups is 3. The molecule has 1 aromatic carbocycles. The molecule has 8 nitrogen and oxygen atoms in total. The second-order valence-electron chi connectivity index (χ2n) is 8.25. The minimum Gasteiger partial charge on any atom is -0.339 e. The van der Waals surface area contributed by atoms with Gasteiger partial charge in [-0.1, -0.05) is 23.2 Å². The van der Waals surface area contributed by atoms with Gasteiger partial charge in [0.15, 0.2) is 5.65 Å². The monoisotopic (exact) mass is 471 g/mol. The van der Waals surface area contributed by atoms with E-state index in [9.17, 15) is 14.4 Å². The van der Waals surface area contributed by atoms with Crippen molar-refractivity contribution in [2.24, 2.45) is 0 Å². The number of piperidine rings is 1. The molecular weight excluding hydrogens is 453 g/mol. The number of aromatic nitrogens is 3. The number of benzene rings is 1. The third-order valence-electron chi connectivity index (χ3n) is 6.32. The number of anilines is 1. The second-order valence-corrected chi connectivity index (χ2v) is 9.04. The molecule has 2 aromatic heterocycles. The van der Waals surface area contributed by atoms with Crippen LogP contribution in [0.1, 0.15) is 35.7 Å². The maximum Gasteiger partial charge on any atom is 0.255 e. The van der Waals surface area contributed by atoms with E-state index >= 15 is 0 Å². The van der Waals surface area contributed by atoms with Crippen molar-refractivity contribution in [1.29, 1.82) is 0 Å². The summed E-state index contributed by atoms with van der Waals surface area (Å²) in [7, 11) is 0. The first-order valence-electron chi connectivity index (χ1n) is 10.2. The fraction of sp³-hybridized carbons (Fsp3) is 0.318. The molecule has 0 atom stereocenters. The van der Waals surface area contributed by atoms with E-state index in [0.29, 0.717) is 58.4 Å². The summed E-state index contributed by atoms with van der Waals surface area (Å²) < 4.78 is 0. The predicted molar refractivity (Wildman–Crippen MR) is 120 cm³/mol. The Morgan fingerprint density at radius 2 is 1.94 bits per heavy atom. The number of Topliss-reactive ketones (excluding diaryl/α,β-unsaturated/α-hetero) is 1. The fourth-order valence-electron chi connectivity index (χ4n) is 4.77. The molecule has 1 N–H and O–H groups in total. The number of aromatic amines is 1. The standard InChI is InChI=1S/C22H19Cl2N5O3/c1-12(30)11-29-16-3-2-15(23)18(24)17(16)22(21(29)32)4-6-28(7-5-22)20(31)14-8-13-10-26-27-19(13)25-9-14/h2-3,8-10H,4-7,11H2,1H3,(H,25,26,27). The first-order chi connectivity index (χ1) is 15.3. The van der Waals surface area contributed by atoms with Gasteiger partial charge < -0.3 is 9.80 Å². The Hall–Kier alpha value is -2.97. The van der Waals surface area contributed by atoms with Crippen LogP contribution in [0.2, 0.25) is 10.0 Å². The van der Waals surface area contributed by atoms with E-state index < -0.39 is 5.41 Å². The Balaban J connectivity index is 1.45. The van der Waals surface area contributed by atoms with Crippen LogP contribution >= 0.6 is 23.2 Å². The quantitative estimate of drug-likeness (QED) is 0.630. The van der Waals surface area contributed by atoms with Crippen LogP contribution in [0.4, 0.5) is 5.69 Å². The molecule has 2 amide bonds. The maximum absolute atomic E-state index is 13.5. The number of fused-ring (bicyclic) bond motifs is 3. The molecule has 1 saturated heterocycles. The average molecular weight is 472 g/mol. The Kier molecular flexibility index (Phi) is 4.94. The maximum atomic E-state index is 13.5. The number of pyridine rings is 1. The van der Waals surface area contributed by atoms with Crippen LogP contribution in [0.5, 0.6) is 0 Å². The Morgan fingerprint density at radius 3 is 2.66 bits per heavy atom. The molecule has 32 heavy (non-hydrogen) atoms. The van der Waals surface area contributed by atoms with Crippen molar-refractivity contribution in [2.45, 2.75) is 25.2 Å². The molecule has 10 heteroatoms. The molecule has 4 heterocycles. The SMILES string of the molecule is CC(=O)CN1C(=O)C2(CCN(C(=O)c3cnc4[nH]ncc4c3)CC2)c2c1ccc(Cl)c2Cl. The summed E-state index contributed by atoms with van der Waals surface area (Å²) in [6, 6.07) is 5.13. The summed E-state index contributed by atoms with van der Waals surface area (Å²) in [6.45, 7) is 2.15. The van der Waals surface area contributed by atoms with Gasteiger partial charge in [0.25, 0.3) is 5.91 Å². The van der Waals surface area contributed by atoms with Gasteiger partial charge in [0.1, 0.15) is 5.78 Å². The highest BCUT2D eigenvalue weighted by Gasteiger charge is 2.54. The van der Waals surface area contributed by atoms with Crippen LogP contribution in [-0.2, 0) is 15.0 Å². The number of carbonyl (C=O) groups excluding carboxylic acids is 3. The fourth-order valence-corrected chi connectivity index (χ4v) is 5.26. The lowest BCUT2D eigenvalue weighted by atomic mass is 9.73. The molecule has 2 aliphatic heterocycles. The lowest BCUT2D eigenvalue weighted by molar-refractivity contribution is -0.126. The molecule has 164 valence electrons. The lowest BCUT2D eigenvalue weighted by Crippen LogP contribution is -2.50. The summed E-state index contributed by atoms with van der Waals surface area (Å²) in [5.41, 5.74) is 1.45. The number of hydrogen-bond donors (Lipinski definition) is 1. The van der Waals surface area contributed by atoms with Crippen LogP contribution < -0.4 is 4.90 Å². The van der Waals surface area contributed by atoms with Gasteiger partial charge >= 0.3 is 0 Å². The van der Waals surface area contributed by atoms with Crippen molar-refractivity contribution in [3.8, 4) is 0 Å². The highest BCUT2D eigenvalue weighted by atomic mass is 35.5. The van der Waals surface area contributed by atoms with E-state index in [2.05, 4.69) is 15.2 Å². The number of halogens is 2. The highest BCUT2D eigenvalue weighted by Crippen LogP contribution is 2.52. The number of hydrogen-bond acceptors (Lipinski definition) is 5. The number of likely N-dealkylation sites (tertiary alicyclic amines) is 1. The van der Waals surface area contributed by atoms with Crippen LogP contribution in [0.15, 0.2) is 30.6 Å². The third kappa shape index (κ3) is 3.09. The van der Waals surface area contributed by atoms with E-state index in [1.54, 1.807) is 29.3 Å². The molecule has 0 saturated carbocycles. The average Bonchev–Trinajstić information content (AvgIpc) is 3.33. The number of H-pyrrole nitrogens is 1. The zero-order chi connectivity index (χ0) is 22.6. The summed E-state index contributed by atoms with van der Waals surface area (Å²) in [5, 5.41) is 8.15. The zero-order valence-electron chi connectivity index (χ0n) is 17.2. The van der Waals surface area contributed by atoms with E-state index in [0.717, 1.165) is 5.39 Å². The number of ketones is 1. The molecule has 3 aromatic rings. The van der Waals surface area contributed by atoms with Crippen molar-refractivity contribution in [1.82, 2.24) is 20.1 Å². The summed E-state index contributed by atoms with van der Waals surface area (Å²) >= 11 is 12.9. The van der Waals surface area contributed by atoms with Gasteiger partial charge in [-0.15, -0.1) is 0 Å². The van der Waals surface area contributed by atoms with Crippen LogP contribution in [0.3, 0.4) is 0 Å². The van der Waals surface area contributed by atoms with Crippen LogP contribution in [0, 0.1) is 0 Å². The first-order valence-corrected chi connectivity index (χ1v) is 11.0. The molecule has 0 unspecified atom stereocenters. The molecular formula is C22H19Cl2N5O3. The molecule has 1 fully saturated rings. The molecule has 0 aliphatic carbocycles. The van der Waals surface area contributed by atoms with Crippen molar-refractivity contribution >= 4 is 57.5 Å². The predicted octanol–water partition coefficient (Wildman–Crippen LogP) is 3.37. The topological polar surface area (TPSA) is 99.3 Å². The normalized spacial score (nSPS) is 17.3. The van der Waals surface area contributed by atoms with Gasteiger partial charge in [-0.25, -0.2) is 4.98 Å². The summed E-state index contributed by atoms with van der Waals surface area (Å²) in [4.78, 5) is 45.9. The van der Waals surface area contributed by atoms with Crippen molar-refractivity contribution < 1.29 is 14.4 Å². The number of amides is 2. The van der Waals surface area contributed by atoms with Crippen LogP contribution in [-0.4, -0.2) is 57.3 Å². The Bertz CT molecular complexity index is 1280. The highest BCUT2D eigenvalue weighted by molar-refractivity contribution is 6.43. The van der Waals surface area contributed by atoms with Gasteiger partial charge in [-0.3, -0.25) is 19.5 Å². The number of nitrogens with one attached hydrogen (secondary N) is 1. The van der Waals surface area contributed by atoms with E-state index in [4.69, 9.17) is 23.2 Å². The first kappa shape index (κ1) is 20.9. The summed E-state index contributed by atoms with van der Waals surface area (Å²) in [5.74, 6) is -0.443. The minimum absolute atomic E-state index is 0.0232. The van der Waals surface area contributed by atoms with Gasteiger partial charge in [0.2, 0.25) is 5.91 Å². The van der Waals surface area contributed by atoms with Crippen molar-refractivity contribution in [3.63, 3.8) is 0 Å². The largest absolute Gasteiger partial charge is 0.339 e. The van der Waals surface area contributed by atoms with Gasteiger partial charge in [-0.2, -0.15) is 5.10 Å². The van der Waals surface area contributed by atoms with Gasteiger partial charge in [0, 0.05) is 30.2 Å². The molecule has 2 aliphatic rings. The molecule has 1 spiro atoms.